The summed E-state index contributed by atoms with van der Waals surface area (Å²) >= 11 is 7.31. The van der Waals surface area contributed by atoms with Gasteiger partial charge in [-0.3, -0.25) is 10.1 Å². The summed E-state index contributed by atoms with van der Waals surface area (Å²) < 4.78 is 0.686. The molecule has 2 rings (SSSR count). The van der Waals surface area contributed by atoms with Crippen LogP contribution < -0.4 is 11.1 Å². The summed E-state index contributed by atoms with van der Waals surface area (Å²) in [6, 6.07) is 8.43. The molecule has 0 spiro atoms. The fourth-order valence-electron chi connectivity index (χ4n) is 1.75. The molecule has 1 aromatic heterocycles. The molecule has 0 aliphatic carbocycles. The van der Waals surface area contributed by atoms with Crippen LogP contribution in [0.15, 0.2) is 30.3 Å². The van der Waals surface area contributed by atoms with E-state index in [2.05, 4.69) is 5.32 Å². The van der Waals surface area contributed by atoms with Crippen LogP contribution in [0, 0.1) is 10.1 Å². The molecule has 0 aliphatic rings. The molecule has 0 radical (unpaired) electrons. The molecule has 5 nitrogen and oxygen atoms in total. The second kappa shape index (κ2) is 5.46. The van der Waals surface area contributed by atoms with Crippen molar-refractivity contribution in [3.63, 3.8) is 0 Å². The van der Waals surface area contributed by atoms with Gasteiger partial charge in [0.1, 0.15) is 11.4 Å². The number of nitrogens with two attached hydrogens (primary N) is 1. The van der Waals surface area contributed by atoms with Crippen LogP contribution in [0.1, 0.15) is 17.8 Å². The molecule has 1 atom stereocenters. The number of nitro benzene ring substituents is 1. The van der Waals surface area contributed by atoms with Crippen LogP contribution in [0.3, 0.4) is 0 Å². The molecule has 0 amide bonds. The Labute approximate surface area is 119 Å². The van der Waals surface area contributed by atoms with E-state index >= 15 is 0 Å². The van der Waals surface area contributed by atoms with Gasteiger partial charge in [0.15, 0.2) is 0 Å². The van der Waals surface area contributed by atoms with E-state index in [0.717, 1.165) is 4.88 Å². The Morgan fingerprint density at radius 3 is 2.74 bits per heavy atom. The maximum absolute atomic E-state index is 11.0. The van der Waals surface area contributed by atoms with Gasteiger partial charge in [-0.15, -0.1) is 11.3 Å². The van der Waals surface area contributed by atoms with Gasteiger partial charge in [-0.25, -0.2) is 0 Å². The third-order valence-electron chi connectivity index (χ3n) is 2.64. The van der Waals surface area contributed by atoms with Gasteiger partial charge in [0, 0.05) is 4.88 Å². The Kier molecular flexibility index (Phi) is 3.92. The molecule has 3 N–H and O–H groups in total. The van der Waals surface area contributed by atoms with Crippen molar-refractivity contribution in [1.29, 1.82) is 0 Å². The first kappa shape index (κ1) is 13.6. The molecule has 0 fully saturated rings. The standard InChI is InChI=1S/C12H12ClN3O2S/c1-7(10-5-6-11(13)19-10)15-9-4-2-3-8(14)12(9)16(17)18/h2-7,15H,14H2,1H3. The highest BCUT2D eigenvalue weighted by molar-refractivity contribution is 7.16. The summed E-state index contributed by atoms with van der Waals surface area (Å²) in [5, 5.41) is 14.1. The van der Waals surface area contributed by atoms with Crippen LogP contribution in [0.4, 0.5) is 17.1 Å². The Hall–Kier alpha value is -1.79. The minimum absolute atomic E-state index is 0.0852. The Morgan fingerprint density at radius 1 is 1.42 bits per heavy atom. The molecule has 0 saturated carbocycles. The number of anilines is 2. The number of thiophene rings is 1. The maximum Gasteiger partial charge on any atom is 0.314 e. The maximum atomic E-state index is 11.0. The van der Waals surface area contributed by atoms with E-state index in [1.807, 2.05) is 13.0 Å². The van der Waals surface area contributed by atoms with Gasteiger partial charge in [0.2, 0.25) is 0 Å². The minimum Gasteiger partial charge on any atom is -0.393 e. The molecule has 19 heavy (non-hydrogen) atoms. The van der Waals surface area contributed by atoms with E-state index < -0.39 is 4.92 Å². The van der Waals surface area contributed by atoms with Crippen LogP contribution in [0.2, 0.25) is 4.34 Å². The smallest absolute Gasteiger partial charge is 0.314 e. The fraction of sp³-hybridized carbons (Fsp3) is 0.167. The largest absolute Gasteiger partial charge is 0.393 e. The zero-order valence-electron chi connectivity index (χ0n) is 10.1. The zero-order valence-corrected chi connectivity index (χ0v) is 11.7. The molecule has 1 unspecified atom stereocenters. The van der Waals surface area contributed by atoms with Crippen molar-refractivity contribution >= 4 is 40.0 Å². The number of rotatable bonds is 4. The Balaban J connectivity index is 2.28. The van der Waals surface area contributed by atoms with Gasteiger partial charge in [-0.05, 0) is 31.2 Å². The lowest BCUT2D eigenvalue weighted by molar-refractivity contribution is -0.383. The normalized spacial score (nSPS) is 12.1. The molecule has 0 bridgehead atoms. The number of para-hydroxylation sites is 1. The van der Waals surface area contributed by atoms with Gasteiger partial charge in [-0.2, -0.15) is 0 Å². The first-order chi connectivity index (χ1) is 8.99. The summed E-state index contributed by atoms with van der Waals surface area (Å²) in [4.78, 5) is 11.6. The van der Waals surface area contributed by atoms with Crippen molar-refractivity contribution in [2.45, 2.75) is 13.0 Å². The van der Waals surface area contributed by atoms with E-state index in [9.17, 15) is 10.1 Å². The van der Waals surface area contributed by atoms with Crippen molar-refractivity contribution < 1.29 is 4.92 Å². The fourth-order valence-corrected chi connectivity index (χ4v) is 2.81. The SMILES string of the molecule is CC(Nc1cccc(N)c1[N+](=O)[O-])c1ccc(Cl)s1. The van der Waals surface area contributed by atoms with Crippen LogP contribution in [0.5, 0.6) is 0 Å². The second-order valence-corrected chi connectivity index (χ2v) is 5.76. The summed E-state index contributed by atoms with van der Waals surface area (Å²) in [6.07, 6.45) is 0. The molecule has 0 aliphatic heterocycles. The third-order valence-corrected chi connectivity index (χ3v) is 4.06. The van der Waals surface area contributed by atoms with E-state index in [1.54, 1.807) is 18.2 Å². The van der Waals surface area contributed by atoms with Gasteiger partial charge >= 0.3 is 5.69 Å². The molecular formula is C12H12ClN3O2S. The third kappa shape index (κ3) is 2.97. The van der Waals surface area contributed by atoms with Gasteiger partial charge in [0.25, 0.3) is 0 Å². The number of nitrogen functional groups attached to an aromatic ring is 1. The van der Waals surface area contributed by atoms with Gasteiger partial charge in [-0.1, -0.05) is 17.7 Å². The minimum atomic E-state index is -0.480. The number of hydrogen-bond acceptors (Lipinski definition) is 5. The lowest BCUT2D eigenvalue weighted by Crippen LogP contribution is -2.08. The monoisotopic (exact) mass is 297 g/mol. The second-order valence-electron chi connectivity index (χ2n) is 4.01. The topological polar surface area (TPSA) is 81.2 Å². The van der Waals surface area contributed by atoms with Crippen molar-refractivity contribution in [2.24, 2.45) is 0 Å². The highest BCUT2D eigenvalue weighted by Crippen LogP contribution is 2.35. The van der Waals surface area contributed by atoms with Crippen molar-refractivity contribution in [2.75, 3.05) is 11.1 Å². The summed E-state index contributed by atoms with van der Waals surface area (Å²) in [7, 11) is 0. The molecule has 7 heteroatoms. The van der Waals surface area contributed by atoms with E-state index in [4.69, 9.17) is 17.3 Å². The van der Waals surface area contributed by atoms with E-state index in [0.29, 0.717) is 10.0 Å². The summed E-state index contributed by atoms with van der Waals surface area (Å²) in [5.74, 6) is 0. The predicted molar refractivity (Wildman–Crippen MR) is 78.9 cm³/mol. The van der Waals surface area contributed by atoms with Crippen molar-refractivity contribution in [3.8, 4) is 0 Å². The highest BCUT2D eigenvalue weighted by Gasteiger charge is 2.19. The highest BCUT2D eigenvalue weighted by atomic mass is 35.5. The number of nitro groups is 1. The van der Waals surface area contributed by atoms with E-state index in [1.165, 1.54) is 17.4 Å². The quantitative estimate of drug-likeness (QED) is 0.506. The number of halogens is 1. The lowest BCUT2D eigenvalue weighted by atomic mass is 10.2. The first-order valence-corrected chi connectivity index (χ1v) is 6.73. The average Bonchev–Trinajstić information content (AvgIpc) is 2.75. The van der Waals surface area contributed by atoms with E-state index in [-0.39, 0.29) is 17.4 Å². The molecule has 0 saturated heterocycles. The average molecular weight is 298 g/mol. The number of nitrogens with zero attached hydrogens (tertiary/aromatic N) is 1. The van der Waals surface area contributed by atoms with Crippen LogP contribution in [-0.4, -0.2) is 4.92 Å². The molecule has 1 heterocycles. The Morgan fingerprint density at radius 2 is 2.16 bits per heavy atom. The van der Waals surface area contributed by atoms with Gasteiger partial charge < -0.3 is 11.1 Å². The first-order valence-electron chi connectivity index (χ1n) is 5.53. The van der Waals surface area contributed by atoms with Crippen LogP contribution >= 0.6 is 22.9 Å². The van der Waals surface area contributed by atoms with Gasteiger partial charge in [0.05, 0.1) is 15.3 Å². The molecule has 100 valence electrons. The van der Waals surface area contributed by atoms with Crippen LogP contribution in [-0.2, 0) is 0 Å². The molecular weight excluding hydrogens is 286 g/mol. The zero-order chi connectivity index (χ0) is 14.0. The lowest BCUT2D eigenvalue weighted by Gasteiger charge is -2.14. The number of hydrogen-bond donors (Lipinski definition) is 2. The molecule has 2 aromatic rings. The Bertz CT molecular complexity index is 615. The molecule has 1 aromatic carbocycles. The number of nitrogens with one attached hydrogen (secondary N) is 1. The van der Waals surface area contributed by atoms with Crippen LogP contribution in [0.25, 0.3) is 0 Å². The van der Waals surface area contributed by atoms with Crippen molar-refractivity contribution in [1.82, 2.24) is 0 Å². The summed E-state index contributed by atoms with van der Waals surface area (Å²) in [5.41, 5.74) is 6.09. The van der Waals surface area contributed by atoms with Crippen molar-refractivity contribution in [3.05, 3.63) is 49.7 Å². The summed E-state index contributed by atoms with van der Waals surface area (Å²) in [6.45, 7) is 1.91. The number of benzene rings is 1. The predicted octanol–water partition coefficient (Wildman–Crippen LogP) is 4.07.